The van der Waals surface area contributed by atoms with Crippen molar-refractivity contribution < 1.29 is 41.8 Å². The smallest absolute Gasteiger partial charge is 0.437 e. The number of amides is 2. The molecule has 48 heavy (non-hydrogen) atoms. The second kappa shape index (κ2) is 14.2. The van der Waals surface area contributed by atoms with Crippen LogP contribution >= 0.6 is 23.2 Å². The highest BCUT2D eigenvalue weighted by Crippen LogP contribution is 2.38. The number of aromatic nitrogens is 2. The topological polar surface area (TPSA) is 115 Å². The number of carbonyl (C=O) groups is 3. The van der Waals surface area contributed by atoms with Gasteiger partial charge in [0.15, 0.2) is 0 Å². The van der Waals surface area contributed by atoms with Crippen molar-refractivity contribution in [3.8, 4) is 11.1 Å². The Morgan fingerprint density at radius 2 is 1.69 bits per heavy atom. The van der Waals surface area contributed by atoms with Crippen LogP contribution in [0.15, 0.2) is 72.0 Å². The number of benzene rings is 3. The van der Waals surface area contributed by atoms with Crippen LogP contribution in [0.2, 0.25) is 10.0 Å². The van der Waals surface area contributed by atoms with Crippen LogP contribution in [0.3, 0.4) is 0 Å². The summed E-state index contributed by atoms with van der Waals surface area (Å²) in [7, 11) is 1.62. The third kappa shape index (κ3) is 9.26. The van der Waals surface area contributed by atoms with Gasteiger partial charge in [-0.15, -0.1) is 4.99 Å². The van der Waals surface area contributed by atoms with Crippen molar-refractivity contribution in [3.05, 3.63) is 111 Å². The molecule has 2 amide bonds. The first kappa shape index (κ1) is 36.2. The SMILES string of the molecule is Cn1ccn(Cc2cc(C(=O)NC(CC(=O)O)c3ccc(Cl)c(Cl)c3)cc(-c3ccc(F)cc3C(F)(F)F)c2)/c1=N\C(=O)OC(C)(C)C. The number of carboxylic acids is 1. The van der Waals surface area contributed by atoms with Crippen molar-refractivity contribution in [2.24, 2.45) is 12.0 Å². The molecule has 0 radical (unpaired) electrons. The third-order valence-corrected chi connectivity index (χ3v) is 7.60. The maximum absolute atomic E-state index is 14.1. The van der Waals surface area contributed by atoms with Crippen LogP contribution in [-0.4, -0.2) is 37.8 Å². The largest absolute Gasteiger partial charge is 0.481 e. The minimum absolute atomic E-state index is 0.0727. The van der Waals surface area contributed by atoms with Crippen LogP contribution in [0.4, 0.5) is 22.4 Å². The molecule has 15 heteroatoms. The highest BCUT2D eigenvalue weighted by atomic mass is 35.5. The van der Waals surface area contributed by atoms with Gasteiger partial charge in [0.2, 0.25) is 5.62 Å². The number of rotatable bonds is 8. The zero-order chi connectivity index (χ0) is 35.6. The average Bonchev–Trinajstić information content (AvgIpc) is 3.30. The fourth-order valence-corrected chi connectivity index (χ4v) is 5.12. The number of aryl methyl sites for hydroxylation is 1. The number of imidazole rings is 1. The molecule has 9 nitrogen and oxygen atoms in total. The molecule has 1 unspecified atom stereocenters. The van der Waals surface area contributed by atoms with Gasteiger partial charge in [0.1, 0.15) is 11.4 Å². The summed E-state index contributed by atoms with van der Waals surface area (Å²) < 4.78 is 64.5. The van der Waals surface area contributed by atoms with Crippen LogP contribution in [0.25, 0.3) is 11.1 Å². The van der Waals surface area contributed by atoms with E-state index in [0.29, 0.717) is 17.2 Å². The minimum Gasteiger partial charge on any atom is -0.481 e. The van der Waals surface area contributed by atoms with E-state index in [9.17, 15) is 37.1 Å². The molecule has 0 fully saturated rings. The van der Waals surface area contributed by atoms with E-state index in [1.807, 2.05) is 0 Å². The van der Waals surface area contributed by atoms with E-state index in [4.69, 9.17) is 27.9 Å². The van der Waals surface area contributed by atoms with Crippen molar-refractivity contribution in [2.75, 3.05) is 0 Å². The van der Waals surface area contributed by atoms with E-state index >= 15 is 0 Å². The Bertz CT molecular complexity index is 1950. The van der Waals surface area contributed by atoms with E-state index in [-0.39, 0.29) is 33.3 Å². The lowest BCUT2D eigenvalue weighted by Crippen LogP contribution is -2.30. The molecule has 0 spiro atoms. The van der Waals surface area contributed by atoms with Gasteiger partial charge in [0.25, 0.3) is 5.91 Å². The molecule has 0 aliphatic rings. The number of alkyl halides is 3. The highest BCUT2D eigenvalue weighted by molar-refractivity contribution is 6.42. The fraction of sp³-hybridized carbons (Fsp3) is 0.273. The van der Waals surface area contributed by atoms with Crippen molar-refractivity contribution in [3.63, 3.8) is 0 Å². The van der Waals surface area contributed by atoms with E-state index in [1.54, 1.807) is 40.2 Å². The molecule has 0 bridgehead atoms. The first-order chi connectivity index (χ1) is 22.3. The summed E-state index contributed by atoms with van der Waals surface area (Å²) in [6.07, 6.45) is -3.20. The second-order valence-electron chi connectivity index (χ2n) is 11.8. The first-order valence-corrected chi connectivity index (χ1v) is 15.0. The predicted molar refractivity (Wildman–Crippen MR) is 170 cm³/mol. The van der Waals surface area contributed by atoms with E-state index < -0.39 is 59.2 Å². The molecule has 2 N–H and O–H groups in total. The van der Waals surface area contributed by atoms with Gasteiger partial charge < -0.3 is 24.3 Å². The Labute approximate surface area is 282 Å². The normalized spacial score (nSPS) is 12.9. The molecular weight excluding hydrogens is 679 g/mol. The molecule has 0 aliphatic heterocycles. The number of ether oxygens (including phenoxy) is 1. The molecule has 1 heterocycles. The van der Waals surface area contributed by atoms with Crippen LogP contribution in [0.5, 0.6) is 0 Å². The molecule has 0 saturated heterocycles. The Kier molecular flexibility index (Phi) is 10.7. The van der Waals surface area contributed by atoms with Gasteiger partial charge in [-0.1, -0.05) is 35.3 Å². The number of carbonyl (C=O) groups excluding carboxylic acids is 2. The summed E-state index contributed by atoms with van der Waals surface area (Å²) in [5, 5.41) is 12.5. The van der Waals surface area contributed by atoms with E-state index in [1.165, 1.54) is 45.5 Å². The lowest BCUT2D eigenvalue weighted by Gasteiger charge is -2.20. The summed E-state index contributed by atoms with van der Waals surface area (Å²) in [6, 6.07) is 9.39. The maximum atomic E-state index is 14.1. The Balaban J connectivity index is 1.84. The van der Waals surface area contributed by atoms with Gasteiger partial charge in [-0.2, -0.15) is 13.2 Å². The number of nitrogens with zero attached hydrogens (tertiary/aromatic N) is 3. The van der Waals surface area contributed by atoms with Crippen LogP contribution < -0.4 is 10.9 Å². The number of halogens is 6. The summed E-state index contributed by atoms with van der Waals surface area (Å²) in [5.41, 5.74) is -1.93. The van der Waals surface area contributed by atoms with Gasteiger partial charge in [0.05, 0.1) is 34.6 Å². The first-order valence-electron chi connectivity index (χ1n) is 14.3. The highest BCUT2D eigenvalue weighted by Gasteiger charge is 2.34. The van der Waals surface area contributed by atoms with E-state index in [2.05, 4.69) is 10.3 Å². The Morgan fingerprint density at radius 3 is 2.31 bits per heavy atom. The fourth-order valence-electron chi connectivity index (χ4n) is 4.82. The molecule has 0 saturated carbocycles. The third-order valence-electron chi connectivity index (χ3n) is 6.86. The number of nitrogens with one attached hydrogen (secondary N) is 1. The second-order valence-corrected chi connectivity index (χ2v) is 12.6. The van der Waals surface area contributed by atoms with Crippen molar-refractivity contribution in [2.45, 2.75) is 51.6 Å². The van der Waals surface area contributed by atoms with Gasteiger partial charge >= 0.3 is 18.2 Å². The maximum Gasteiger partial charge on any atom is 0.437 e. The zero-order valence-electron chi connectivity index (χ0n) is 26.0. The van der Waals surface area contributed by atoms with Crippen LogP contribution in [-0.2, 0) is 29.3 Å². The predicted octanol–water partition coefficient (Wildman–Crippen LogP) is 7.79. The quantitative estimate of drug-likeness (QED) is 0.181. The molecule has 254 valence electrons. The van der Waals surface area contributed by atoms with Crippen molar-refractivity contribution >= 4 is 41.2 Å². The molecule has 4 rings (SSSR count). The molecule has 0 aliphatic carbocycles. The van der Waals surface area contributed by atoms with Gasteiger partial charge in [-0.05, 0) is 85.5 Å². The van der Waals surface area contributed by atoms with Gasteiger partial charge in [0, 0.05) is 25.0 Å². The molecule has 4 aromatic rings. The summed E-state index contributed by atoms with van der Waals surface area (Å²) in [5.74, 6) is -3.17. The zero-order valence-corrected chi connectivity index (χ0v) is 27.5. The Morgan fingerprint density at radius 1 is 0.979 bits per heavy atom. The van der Waals surface area contributed by atoms with Gasteiger partial charge in [-0.3, -0.25) is 9.59 Å². The molecule has 3 aromatic carbocycles. The molecule has 1 aromatic heterocycles. The molecule has 1 atom stereocenters. The summed E-state index contributed by atoms with van der Waals surface area (Å²) in [4.78, 5) is 41.9. The van der Waals surface area contributed by atoms with Crippen molar-refractivity contribution in [1.29, 1.82) is 0 Å². The number of carboxylic acid groups (broad SMARTS) is 1. The number of aliphatic carboxylic acids is 1. The monoisotopic (exact) mass is 708 g/mol. The standard InChI is InChI=1S/C33H30Cl2F4N4O5/c1-32(2,3)48-31(47)41-30-42(4)9-10-43(30)17-18-11-20(23-7-6-22(36)15-24(23)33(37,38)39)13-21(12-18)29(46)40-27(16-28(44)45)19-5-8-25(34)26(35)14-19/h5-15,27H,16-17H2,1-4H3,(H,40,46)(H,44,45)/b41-30-. The van der Waals surface area contributed by atoms with Crippen molar-refractivity contribution in [1.82, 2.24) is 14.5 Å². The van der Waals surface area contributed by atoms with Gasteiger partial charge in [-0.25, -0.2) is 9.18 Å². The lowest BCUT2D eigenvalue weighted by atomic mass is 9.94. The Hall–Kier alpha value is -4.62. The van der Waals surface area contributed by atoms with E-state index in [0.717, 1.165) is 12.1 Å². The minimum atomic E-state index is -4.94. The average molecular weight is 710 g/mol. The number of hydrogen-bond acceptors (Lipinski definition) is 4. The van der Waals surface area contributed by atoms with Crippen LogP contribution in [0, 0.1) is 5.82 Å². The summed E-state index contributed by atoms with van der Waals surface area (Å²) in [6.45, 7) is 4.94. The summed E-state index contributed by atoms with van der Waals surface area (Å²) >= 11 is 12.1. The number of hydrogen-bond donors (Lipinski definition) is 2. The lowest BCUT2D eigenvalue weighted by molar-refractivity contribution is -0.138. The van der Waals surface area contributed by atoms with Crippen LogP contribution in [0.1, 0.15) is 60.3 Å². The molecular formula is C33H30Cl2F4N4O5.